The van der Waals surface area contributed by atoms with Crippen molar-refractivity contribution in [3.8, 4) is 6.07 Å². The lowest BCUT2D eigenvalue weighted by atomic mass is 10.1. The van der Waals surface area contributed by atoms with Gasteiger partial charge in [-0.25, -0.2) is 8.42 Å². The first kappa shape index (κ1) is 19.5. The highest BCUT2D eigenvalue weighted by atomic mass is 32.2. The van der Waals surface area contributed by atoms with Gasteiger partial charge in [-0.2, -0.15) is 5.26 Å². The number of amides is 1. The Hall–Kier alpha value is -2.85. The predicted molar refractivity (Wildman–Crippen MR) is 102 cm³/mol. The number of hydrogen-bond donors (Lipinski definition) is 1. The Morgan fingerprint density at radius 1 is 1.12 bits per heavy atom. The third-order valence-corrected chi connectivity index (χ3v) is 4.84. The van der Waals surface area contributed by atoms with Crippen molar-refractivity contribution in [1.82, 2.24) is 0 Å². The summed E-state index contributed by atoms with van der Waals surface area (Å²) in [6.45, 7) is 3.43. The summed E-state index contributed by atoms with van der Waals surface area (Å²) >= 11 is 0. The molecule has 136 valence electrons. The average Bonchev–Trinajstić information content (AvgIpc) is 2.53. The Kier molecular flexibility index (Phi) is 6.01. The quantitative estimate of drug-likeness (QED) is 0.845. The maximum absolute atomic E-state index is 12.4. The summed E-state index contributed by atoms with van der Waals surface area (Å²) in [4.78, 5) is 12.4. The van der Waals surface area contributed by atoms with Crippen molar-refractivity contribution in [2.75, 3.05) is 22.4 Å². The van der Waals surface area contributed by atoms with Crippen LogP contribution >= 0.6 is 0 Å². The van der Waals surface area contributed by atoms with E-state index in [2.05, 4.69) is 11.4 Å². The molecule has 1 N–H and O–H groups in total. The molecule has 0 atom stereocenters. The van der Waals surface area contributed by atoms with E-state index in [4.69, 9.17) is 5.26 Å². The van der Waals surface area contributed by atoms with Crippen molar-refractivity contribution >= 4 is 27.3 Å². The summed E-state index contributed by atoms with van der Waals surface area (Å²) in [6, 6.07) is 14.3. The zero-order valence-corrected chi connectivity index (χ0v) is 15.8. The van der Waals surface area contributed by atoms with Crippen LogP contribution in [0.3, 0.4) is 0 Å². The Labute approximate surface area is 154 Å². The zero-order valence-electron chi connectivity index (χ0n) is 15.0. The van der Waals surface area contributed by atoms with E-state index in [-0.39, 0.29) is 6.54 Å². The molecule has 0 bridgehead atoms. The summed E-state index contributed by atoms with van der Waals surface area (Å²) in [5.41, 5.74) is 3.69. The monoisotopic (exact) mass is 371 g/mol. The molecule has 0 fully saturated rings. The molecule has 0 unspecified atom stereocenters. The van der Waals surface area contributed by atoms with Crippen molar-refractivity contribution in [3.63, 3.8) is 0 Å². The number of benzene rings is 2. The second-order valence-corrected chi connectivity index (χ2v) is 8.10. The molecular formula is C19H21N3O3S. The van der Waals surface area contributed by atoms with Crippen LogP contribution in [-0.2, 0) is 21.2 Å². The standard InChI is InChI=1S/C19H21N3O3S/c1-14-10-15(2)12-18(11-14)22(26(3,24)25)13-19(23)21-17-6-4-16(5-7-17)8-9-20/h4-7,10-12H,8,13H2,1-3H3,(H,21,23). The summed E-state index contributed by atoms with van der Waals surface area (Å²) in [6.07, 6.45) is 1.37. The minimum atomic E-state index is -3.62. The first-order chi connectivity index (χ1) is 12.2. The van der Waals surface area contributed by atoms with Crippen molar-refractivity contribution < 1.29 is 13.2 Å². The number of carbonyl (C=O) groups is 1. The van der Waals surface area contributed by atoms with Crippen molar-refractivity contribution in [1.29, 1.82) is 5.26 Å². The number of anilines is 2. The minimum Gasteiger partial charge on any atom is -0.325 e. The summed E-state index contributed by atoms with van der Waals surface area (Å²) < 4.78 is 25.4. The fraction of sp³-hybridized carbons (Fsp3) is 0.263. The molecule has 0 saturated carbocycles. The Balaban J connectivity index is 2.18. The van der Waals surface area contributed by atoms with Crippen LogP contribution in [0.1, 0.15) is 16.7 Å². The van der Waals surface area contributed by atoms with Gasteiger partial charge in [-0.1, -0.05) is 18.2 Å². The van der Waals surface area contributed by atoms with Gasteiger partial charge in [0.2, 0.25) is 15.9 Å². The summed E-state index contributed by atoms with van der Waals surface area (Å²) in [7, 11) is -3.62. The third-order valence-electron chi connectivity index (χ3n) is 3.70. The smallest absolute Gasteiger partial charge is 0.245 e. The molecule has 0 aliphatic rings. The number of nitriles is 1. The van der Waals surface area contributed by atoms with Gasteiger partial charge >= 0.3 is 0 Å². The molecule has 6 nitrogen and oxygen atoms in total. The molecule has 0 radical (unpaired) electrons. The average molecular weight is 371 g/mol. The summed E-state index contributed by atoms with van der Waals surface area (Å²) in [5.74, 6) is -0.442. The molecule has 7 heteroatoms. The van der Waals surface area contributed by atoms with Gasteiger partial charge < -0.3 is 5.32 Å². The van der Waals surface area contributed by atoms with E-state index >= 15 is 0 Å². The Morgan fingerprint density at radius 2 is 1.69 bits per heavy atom. The summed E-state index contributed by atoms with van der Waals surface area (Å²) in [5, 5.41) is 11.4. The Bertz CT molecular complexity index is 925. The van der Waals surface area contributed by atoms with Crippen LogP contribution in [0.4, 0.5) is 11.4 Å². The molecule has 0 aromatic heterocycles. The van der Waals surface area contributed by atoms with Gasteiger partial charge in [0.1, 0.15) is 6.54 Å². The second-order valence-electron chi connectivity index (χ2n) is 6.20. The fourth-order valence-electron chi connectivity index (χ4n) is 2.62. The number of rotatable bonds is 6. The molecule has 0 aliphatic heterocycles. The predicted octanol–water partition coefficient (Wildman–Crippen LogP) is 2.77. The molecule has 2 aromatic carbocycles. The van der Waals surface area contributed by atoms with Gasteiger partial charge in [0.15, 0.2) is 0 Å². The maximum Gasteiger partial charge on any atom is 0.245 e. The number of hydrogen-bond acceptors (Lipinski definition) is 4. The van der Waals surface area contributed by atoms with Crippen LogP contribution in [-0.4, -0.2) is 27.1 Å². The van der Waals surface area contributed by atoms with E-state index in [1.165, 1.54) is 0 Å². The molecule has 2 rings (SSSR count). The van der Waals surface area contributed by atoms with Crippen molar-refractivity contribution in [2.24, 2.45) is 0 Å². The molecule has 2 aromatic rings. The van der Waals surface area contributed by atoms with Gasteiger partial charge in [-0.15, -0.1) is 0 Å². The third kappa shape index (κ3) is 5.33. The fourth-order valence-corrected chi connectivity index (χ4v) is 3.46. The number of sulfonamides is 1. The first-order valence-corrected chi connectivity index (χ1v) is 9.85. The van der Waals surface area contributed by atoms with Crippen LogP contribution in [0.5, 0.6) is 0 Å². The van der Waals surface area contributed by atoms with E-state index in [0.717, 1.165) is 27.3 Å². The van der Waals surface area contributed by atoms with Crippen molar-refractivity contribution in [2.45, 2.75) is 20.3 Å². The van der Waals surface area contributed by atoms with E-state index in [1.54, 1.807) is 36.4 Å². The van der Waals surface area contributed by atoms with Gasteiger partial charge in [0, 0.05) is 5.69 Å². The lowest BCUT2D eigenvalue weighted by Gasteiger charge is -2.22. The molecule has 1 amide bonds. The van der Waals surface area contributed by atoms with Crippen LogP contribution in [0.2, 0.25) is 0 Å². The van der Waals surface area contributed by atoms with E-state index < -0.39 is 15.9 Å². The molecule has 0 saturated heterocycles. The minimum absolute atomic E-state index is 0.294. The molecule has 0 spiro atoms. The first-order valence-electron chi connectivity index (χ1n) is 8.01. The van der Waals surface area contributed by atoms with E-state index in [0.29, 0.717) is 17.8 Å². The molecular weight excluding hydrogens is 350 g/mol. The van der Waals surface area contributed by atoms with E-state index in [1.807, 2.05) is 19.9 Å². The number of nitrogens with one attached hydrogen (secondary N) is 1. The molecule has 26 heavy (non-hydrogen) atoms. The zero-order chi connectivity index (χ0) is 19.3. The SMILES string of the molecule is Cc1cc(C)cc(N(CC(=O)Nc2ccc(CC#N)cc2)S(C)(=O)=O)c1. The van der Waals surface area contributed by atoms with Crippen LogP contribution in [0.15, 0.2) is 42.5 Å². The molecule has 0 aliphatic carbocycles. The Morgan fingerprint density at radius 3 is 2.19 bits per heavy atom. The lowest BCUT2D eigenvalue weighted by Crippen LogP contribution is -2.37. The topological polar surface area (TPSA) is 90.3 Å². The number of carbonyl (C=O) groups excluding carboxylic acids is 1. The number of nitrogens with zero attached hydrogens (tertiary/aromatic N) is 2. The van der Waals surface area contributed by atoms with E-state index in [9.17, 15) is 13.2 Å². The van der Waals surface area contributed by atoms with Gasteiger partial charge in [0.05, 0.1) is 24.4 Å². The normalized spacial score (nSPS) is 10.8. The van der Waals surface area contributed by atoms with Crippen LogP contribution < -0.4 is 9.62 Å². The molecule has 0 heterocycles. The maximum atomic E-state index is 12.4. The second kappa shape index (κ2) is 8.02. The highest BCUT2D eigenvalue weighted by Crippen LogP contribution is 2.21. The largest absolute Gasteiger partial charge is 0.325 e. The van der Waals surface area contributed by atoms with Crippen LogP contribution in [0.25, 0.3) is 0 Å². The van der Waals surface area contributed by atoms with Gasteiger partial charge in [-0.3, -0.25) is 9.10 Å². The van der Waals surface area contributed by atoms with Crippen molar-refractivity contribution in [3.05, 3.63) is 59.2 Å². The lowest BCUT2D eigenvalue weighted by molar-refractivity contribution is -0.114. The van der Waals surface area contributed by atoms with Gasteiger partial charge in [-0.05, 0) is 54.8 Å². The highest BCUT2D eigenvalue weighted by Gasteiger charge is 2.21. The highest BCUT2D eigenvalue weighted by molar-refractivity contribution is 7.92. The van der Waals surface area contributed by atoms with Crippen LogP contribution in [0, 0.1) is 25.2 Å². The van der Waals surface area contributed by atoms with Gasteiger partial charge in [0.25, 0.3) is 0 Å². The number of aryl methyl sites for hydroxylation is 2.